The highest BCUT2D eigenvalue weighted by atomic mass is 32.1. The van der Waals surface area contributed by atoms with E-state index in [1.54, 1.807) is 11.3 Å². The van der Waals surface area contributed by atoms with Crippen LogP contribution in [-0.2, 0) is 0 Å². The van der Waals surface area contributed by atoms with E-state index in [4.69, 9.17) is 0 Å². The fourth-order valence-electron chi connectivity index (χ4n) is 1.69. The molecule has 0 fully saturated rings. The predicted octanol–water partition coefficient (Wildman–Crippen LogP) is 2.88. The summed E-state index contributed by atoms with van der Waals surface area (Å²) < 4.78 is 0. The maximum atomic E-state index is 9.70. The Morgan fingerprint density at radius 3 is 2.07 bits per heavy atom. The number of nitrogens with zero attached hydrogens (tertiary/aromatic N) is 1. The molecule has 0 aromatic carbocycles. The minimum absolute atomic E-state index is 0.174. The number of thiazole rings is 1. The van der Waals surface area contributed by atoms with Gasteiger partial charge < -0.3 is 5.11 Å². The number of aromatic nitrogens is 1. The normalized spacial score (nSPS) is 15.9. The van der Waals surface area contributed by atoms with Gasteiger partial charge in [-0.15, -0.1) is 11.3 Å². The number of aliphatic hydroxyl groups excluding tert-OH is 1. The van der Waals surface area contributed by atoms with Crippen LogP contribution in [0.15, 0.2) is 0 Å². The molecule has 0 amide bonds. The van der Waals surface area contributed by atoms with Crippen molar-refractivity contribution in [1.82, 2.24) is 4.98 Å². The first-order valence-electron chi connectivity index (χ1n) is 5.05. The zero-order valence-electron chi connectivity index (χ0n) is 9.53. The standard InChI is InChI=1S/C11H19NOS/c1-6(2)10(8(4)13)11-12-7(3)9(5)14-11/h6,8,10,13H,1-5H3. The summed E-state index contributed by atoms with van der Waals surface area (Å²) in [6.07, 6.45) is -0.319. The van der Waals surface area contributed by atoms with Crippen molar-refractivity contribution >= 4 is 11.3 Å². The van der Waals surface area contributed by atoms with Crippen LogP contribution in [0.3, 0.4) is 0 Å². The Balaban J connectivity index is 2.99. The molecule has 0 saturated carbocycles. The second-order valence-corrected chi connectivity index (χ2v) is 5.44. The fraction of sp³-hybridized carbons (Fsp3) is 0.727. The first-order chi connectivity index (χ1) is 6.43. The van der Waals surface area contributed by atoms with Crippen LogP contribution in [0.25, 0.3) is 0 Å². The van der Waals surface area contributed by atoms with Crippen molar-refractivity contribution in [3.05, 3.63) is 15.6 Å². The maximum absolute atomic E-state index is 9.70. The van der Waals surface area contributed by atoms with Crippen LogP contribution in [0.1, 0.15) is 42.3 Å². The second kappa shape index (κ2) is 4.41. The summed E-state index contributed by atoms with van der Waals surface area (Å²) in [6.45, 7) is 10.2. The highest BCUT2D eigenvalue weighted by Gasteiger charge is 2.24. The van der Waals surface area contributed by atoms with Gasteiger partial charge in [0.05, 0.1) is 16.8 Å². The van der Waals surface area contributed by atoms with Gasteiger partial charge >= 0.3 is 0 Å². The molecule has 0 aliphatic heterocycles. The van der Waals surface area contributed by atoms with E-state index in [9.17, 15) is 5.11 Å². The van der Waals surface area contributed by atoms with E-state index in [1.807, 2.05) is 13.8 Å². The van der Waals surface area contributed by atoms with Gasteiger partial charge in [-0.1, -0.05) is 13.8 Å². The molecule has 2 nitrogen and oxygen atoms in total. The lowest BCUT2D eigenvalue weighted by atomic mass is 9.92. The van der Waals surface area contributed by atoms with Crippen molar-refractivity contribution in [2.75, 3.05) is 0 Å². The Labute approximate surface area is 90.0 Å². The summed E-state index contributed by atoms with van der Waals surface area (Å²) in [5.74, 6) is 0.604. The topological polar surface area (TPSA) is 33.1 Å². The summed E-state index contributed by atoms with van der Waals surface area (Å²) in [6, 6.07) is 0. The Bertz CT molecular complexity index is 277. The van der Waals surface area contributed by atoms with Gasteiger partial charge in [0.1, 0.15) is 0 Å². The van der Waals surface area contributed by atoms with E-state index in [1.165, 1.54) is 4.88 Å². The van der Waals surface area contributed by atoms with E-state index >= 15 is 0 Å². The fourth-order valence-corrected chi connectivity index (χ4v) is 2.98. The van der Waals surface area contributed by atoms with Gasteiger partial charge in [0.15, 0.2) is 0 Å². The summed E-state index contributed by atoms with van der Waals surface area (Å²) in [4.78, 5) is 5.77. The van der Waals surface area contributed by atoms with Gasteiger partial charge in [-0.25, -0.2) is 4.98 Å². The zero-order chi connectivity index (χ0) is 10.9. The lowest BCUT2D eigenvalue weighted by Gasteiger charge is -2.21. The van der Waals surface area contributed by atoms with Crippen molar-refractivity contribution < 1.29 is 5.11 Å². The Morgan fingerprint density at radius 2 is 1.79 bits per heavy atom. The summed E-state index contributed by atoms with van der Waals surface area (Å²) in [5.41, 5.74) is 1.09. The predicted molar refractivity (Wildman–Crippen MR) is 60.8 cm³/mol. The third-order valence-electron chi connectivity index (χ3n) is 2.57. The molecule has 0 saturated heterocycles. The first-order valence-corrected chi connectivity index (χ1v) is 5.87. The molecule has 14 heavy (non-hydrogen) atoms. The lowest BCUT2D eigenvalue weighted by molar-refractivity contribution is 0.140. The van der Waals surface area contributed by atoms with Crippen molar-refractivity contribution in [3.8, 4) is 0 Å². The van der Waals surface area contributed by atoms with E-state index in [2.05, 4.69) is 25.8 Å². The number of rotatable bonds is 3. The smallest absolute Gasteiger partial charge is 0.0990 e. The molecule has 1 rings (SSSR count). The minimum Gasteiger partial charge on any atom is -0.393 e. The molecule has 80 valence electrons. The summed E-state index contributed by atoms with van der Waals surface area (Å²) in [5, 5.41) is 10.8. The molecular formula is C11H19NOS. The molecule has 0 radical (unpaired) electrons. The average Bonchev–Trinajstić information content (AvgIpc) is 2.29. The van der Waals surface area contributed by atoms with Crippen LogP contribution in [0.2, 0.25) is 0 Å². The number of hydrogen-bond donors (Lipinski definition) is 1. The van der Waals surface area contributed by atoms with Crippen LogP contribution in [0.5, 0.6) is 0 Å². The molecule has 1 aromatic rings. The Kier molecular flexibility index (Phi) is 3.67. The van der Waals surface area contributed by atoms with E-state index < -0.39 is 0 Å². The third-order valence-corrected chi connectivity index (χ3v) is 3.74. The second-order valence-electron chi connectivity index (χ2n) is 4.20. The maximum Gasteiger partial charge on any atom is 0.0990 e. The molecule has 2 unspecified atom stereocenters. The molecule has 1 N–H and O–H groups in total. The van der Waals surface area contributed by atoms with Crippen LogP contribution in [0.4, 0.5) is 0 Å². The van der Waals surface area contributed by atoms with Crippen molar-refractivity contribution in [2.24, 2.45) is 5.92 Å². The van der Waals surface area contributed by atoms with Crippen molar-refractivity contribution in [2.45, 2.75) is 46.6 Å². The molecule has 3 heteroatoms. The van der Waals surface area contributed by atoms with E-state index in [0.717, 1.165) is 10.7 Å². The van der Waals surface area contributed by atoms with Gasteiger partial charge in [-0.05, 0) is 26.7 Å². The van der Waals surface area contributed by atoms with Gasteiger partial charge in [0, 0.05) is 10.8 Å². The molecular weight excluding hydrogens is 194 g/mol. The average molecular weight is 213 g/mol. The molecule has 1 heterocycles. The zero-order valence-corrected chi connectivity index (χ0v) is 10.4. The van der Waals surface area contributed by atoms with Crippen molar-refractivity contribution in [1.29, 1.82) is 0 Å². The van der Waals surface area contributed by atoms with E-state index in [0.29, 0.717) is 5.92 Å². The molecule has 0 aliphatic carbocycles. The molecule has 2 atom stereocenters. The van der Waals surface area contributed by atoms with Crippen LogP contribution < -0.4 is 0 Å². The molecule has 0 bridgehead atoms. The van der Waals surface area contributed by atoms with Gasteiger partial charge in [0.2, 0.25) is 0 Å². The molecule has 1 aromatic heterocycles. The monoisotopic (exact) mass is 213 g/mol. The van der Waals surface area contributed by atoms with Crippen LogP contribution >= 0.6 is 11.3 Å². The first kappa shape index (κ1) is 11.7. The quantitative estimate of drug-likeness (QED) is 0.837. The highest BCUT2D eigenvalue weighted by molar-refractivity contribution is 7.11. The van der Waals surface area contributed by atoms with Crippen LogP contribution in [0, 0.1) is 19.8 Å². The summed E-state index contributed by atoms with van der Waals surface area (Å²) in [7, 11) is 0. The third kappa shape index (κ3) is 2.34. The number of aryl methyl sites for hydroxylation is 2. The summed E-state index contributed by atoms with van der Waals surface area (Å²) >= 11 is 1.71. The lowest BCUT2D eigenvalue weighted by Crippen LogP contribution is -2.19. The Morgan fingerprint density at radius 1 is 1.21 bits per heavy atom. The highest BCUT2D eigenvalue weighted by Crippen LogP contribution is 2.32. The largest absolute Gasteiger partial charge is 0.393 e. The minimum atomic E-state index is -0.319. The van der Waals surface area contributed by atoms with Crippen LogP contribution in [-0.4, -0.2) is 16.2 Å². The molecule has 0 spiro atoms. The molecule has 0 aliphatic rings. The Hall–Kier alpha value is -0.410. The number of aliphatic hydroxyl groups is 1. The van der Waals surface area contributed by atoms with Crippen molar-refractivity contribution in [3.63, 3.8) is 0 Å². The van der Waals surface area contributed by atoms with Gasteiger partial charge in [-0.2, -0.15) is 0 Å². The number of hydrogen-bond acceptors (Lipinski definition) is 3. The van der Waals surface area contributed by atoms with Gasteiger partial charge in [-0.3, -0.25) is 0 Å². The van der Waals surface area contributed by atoms with E-state index in [-0.39, 0.29) is 12.0 Å². The SMILES string of the molecule is Cc1nc(C(C(C)C)C(C)O)sc1C. The van der Waals surface area contributed by atoms with Gasteiger partial charge in [0.25, 0.3) is 0 Å².